The van der Waals surface area contributed by atoms with Crippen molar-refractivity contribution in [2.45, 2.75) is 45.8 Å². The van der Waals surface area contributed by atoms with Crippen LogP contribution in [-0.4, -0.2) is 19.7 Å². The molecule has 0 aromatic carbocycles. The van der Waals surface area contributed by atoms with Crippen molar-refractivity contribution in [1.29, 1.82) is 0 Å². The molecule has 14 heavy (non-hydrogen) atoms. The number of hydrogen-bond acceptors (Lipinski definition) is 2. The SMILES string of the molecule is CC(=O)/C=C/N=C/[Si](C)(C)C(C)(C)C. The molecule has 0 aromatic heterocycles. The summed E-state index contributed by atoms with van der Waals surface area (Å²) < 4.78 is 0. The lowest BCUT2D eigenvalue weighted by atomic mass is 10.2. The summed E-state index contributed by atoms with van der Waals surface area (Å²) in [5, 5.41) is 0.306. The average molecular weight is 211 g/mol. The molecule has 0 aromatic rings. The minimum atomic E-state index is -1.43. The predicted octanol–water partition coefficient (Wildman–Crippen LogP) is 3.21. The van der Waals surface area contributed by atoms with Gasteiger partial charge in [-0.2, -0.15) is 0 Å². The third-order valence-electron chi connectivity index (χ3n) is 2.73. The first-order chi connectivity index (χ1) is 6.17. The monoisotopic (exact) mass is 211 g/mol. The Bertz CT molecular complexity index is 259. The molecule has 0 amide bonds. The second-order valence-corrected chi connectivity index (χ2v) is 10.4. The Morgan fingerprint density at radius 1 is 1.29 bits per heavy atom. The largest absolute Gasteiger partial charge is 0.295 e. The maximum absolute atomic E-state index is 10.6. The molecule has 0 radical (unpaired) electrons. The number of carbonyl (C=O) groups excluding carboxylic acids is 1. The van der Waals surface area contributed by atoms with Gasteiger partial charge in [-0.15, -0.1) is 0 Å². The molecule has 0 saturated carbocycles. The van der Waals surface area contributed by atoms with E-state index in [0.29, 0.717) is 5.04 Å². The number of carbonyl (C=O) groups is 1. The van der Waals surface area contributed by atoms with Crippen LogP contribution in [0.15, 0.2) is 17.3 Å². The maximum Gasteiger partial charge on any atom is 0.154 e. The van der Waals surface area contributed by atoms with Crippen molar-refractivity contribution in [3.8, 4) is 0 Å². The number of rotatable bonds is 3. The summed E-state index contributed by atoms with van der Waals surface area (Å²) in [6.07, 6.45) is 3.08. The van der Waals surface area contributed by atoms with Gasteiger partial charge in [0.2, 0.25) is 0 Å². The fourth-order valence-corrected chi connectivity index (χ4v) is 1.42. The molecular formula is C11H21NOSi. The molecule has 0 N–H and O–H groups in total. The molecule has 0 aliphatic carbocycles. The van der Waals surface area contributed by atoms with Gasteiger partial charge in [-0.05, 0) is 23.9 Å². The number of ketones is 1. The lowest BCUT2D eigenvalue weighted by Gasteiger charge is -2.32. The van der Waals surface area contributed by atoms with E-state index in [-0.39, 0.29) is 5.78 Å². The van der Waals surface area contributed by atoms with E-state index in [2.05, 4.69) is 38.9 Å². The standard InChI is InChI=1S/C11H21NOSi/c1-10(13)7-8-12-9-14(5,6)11(2,3)4/h7-9H,1-6H3/b8-7+,12-9+. The van der Waals surface area contributed by atoms with Crippen LogP contribution in [0, 0.1) is 0 Å². The minimum absolute atomic E-state index is 0.0392. The molecule has 0 heterocycles. The molecule has 0 bridgehead atoms. The molecule has 0 aliphatic rings. The number of hydrogen-bond donors (Lipinski definition) is 0. The van der Waals surface area contributed by atoms with Gasteiger partial charge >= 0.3 is 0 Å². The van der Waals surface area contributed by atoms with Crippen molar-refractivity contribution in [3.05, 3.63) is 12.3 Å². The van der Waals surface area contributed by atoms with Gasteiger partial charge < -0.3 is 0 Å². The number of allylic oxidation sites excluding steroid dienone is 1. The summed E-state index contributed by atoms with van der Waals surface area (Å²) in [4.78, 5) is 14.8. The van der Waals surface area contributed by atoms with Crippen LogP contribution in [0.1, 0.15) is 27.7 Å². The van der Waals surface area contributed by atoms with Crippen molar-refractivity contribution in [2.24, 2.45) is 4.99 Å². The van der Waals surface area contributed by atoms with Gasteiger partial charge in [-0.3, -0.25) is 9.79 Å². The van der Waals surface area contributed by atoms with E-state index in [1.807, 2.05) is 5.84 Å². The van der Waals surface area contributed by atoms with Crippen molar-refractivity contribution >= 4 is 19.7 Å². The van der Waals surface area contributed by atoms with Gasteiger partial charge in [0.25, 0.3) is 0 Å². The van der Waals surface area contributed by atoms with Crippen molar-refractivity contribution in [3.63, 3.8) is 0 Å². The van der Waals surface area contributed by atoms with Crippen molar-refractivity contribution < 1.29 is 4.79 Å². The second-order valence-electron chi connectivity index (χ2n) is 5.18. The van der Waals surface area contributed by atoms with Crippen LogP contribution in [0.4, 0.5) is 0 Å². The third kappa shape index (κ3) is 4.51. The van der Waals surface area contributed by atoms with Gasteiger partial charge in [0.05, 0.1) is 8.07 Å². The summed E-state index contributed by atoms with van der Waals surface area (Å²) in [7, 11) is -1.43. The molecule has 0 rings (SSSR count). The quantitative estimate of drug-likeness (QED) is 0.400. The Labute approximate surface area is 88.1 Å². The maximum atomic E-state index is 10.6. The van der Waals surface area contributed by atoms with E-state index in [1.54, 1.807) is 6.20 Å². The summed E-state index contributed by atoms with van der Waals surface area (Å²) in [6.45, 7) is 12.8. The number of nitrogens with zero attached hydrogens (tertiary/aromatic N) is 1. The zero-order valence-corrected chi connectivity index (χ0v) is 11.1. The minimum Gasteiger partial charge on any atom is -0.295 e. The van der Waals surface area contributed by atoms with Crippen molar-refractivity contribution in [1.82, 2.24) is 0 Å². The van der Waals surface area contributed by atoms with Crippen LogP contribution in [-0.2, 0) is 4.79 Å². The molecule has 0 aliphatic heterocycles. The Hall–Kier alpha value is -0.703. The lowest BCUT2D eigenvalue weighted by molar-refractivity contribution is -0.112. The van der Waals surface area contributed by atoms with Crippen LogP contribution in [0.3, 0.4) is 0 Å². The zero-order valence-electron chi connectivity index (χ0n) is 10.1. The van der Waals surface area contributed by atoms with E-state index in [9.17, 15) is 4.79 Å². The van der Waals surface area contributed by atoms with E-state index in [1.165, 1.54) is 13.0 Å². The van der Waals surface area contributed by atoms with E-state index >= 15 is 0 Å². The molecule has 3 heteroatoms. The average Bonchev–Trinajstić information content (AvgIpc) is 1.95. The second kappa shape index (κ2) is 4.69. The first kappa shape index (κ1) is 13.3. The van der Waals surface area contributed by atoms with Gasteiger partial charge in [0.1, 0.15) is 0 Å². The molecule has 80 valence electrons. The first-order valence-electron chi connectivity index (χ1n) is 4.88. The topological polar surface area (TPSA) is 29.4 Å². The lowest BCUT2D eigenvalue weighted by Crippen LogP contribution is -2.39. The highest BCUT2D eigenvalue weighted by molar-refractivity contribution is 7.02. The molecule has 0 unspecified atom stereocenters. The Morgan fingerprint density at radius 2 is 1.79 bits per heavy atom. The zero-order chi connectivity index (χ0) is 11.4. The summed E-state index contributed by atoms with van der Waals surface area (Å²) in [5.74, 6) is 2.07. The molecule has 0 saturated heterocycles. The van der Waals surface area contributed by atoms with E-state index in [0.717, 1.165) is 0 Å². The van der Waals surface area contributed by atoms with Crippen LogP contribution in [0.5, 0.6) is 0 Å². The van der Waals surface area contributed by atoms with Crippen LogP contribution in [0.25, 0.3) is 0 Å². The first-order valence-corrected chi connectivity index (χ1v) is 7.96. The van der Waals surface area contributed by atoms with Crippen LogP contribution < -0.4 is 0 Å². The molecule has 0 atom stereocenters. The molecule has 0 spiro atoms. The normalized spacial score (nSPS) is 14.1. The van der Waals surface area contributed by atoms with E-state index < -0.39 is 8.07 Å². The summed E-state index contributed by atoms with van der Waals surface area (Å²) in [5.41, 5.74) is 0. The fourth-order valence-electron chi connectivity index (χ4n) is 0.571. The van der Waals surface area contributed by atoms with Crippen LogP contribution in [0.2, 0.25) is 18.1 Å². The van der Waals surface area contributed by atoms with E-state index in [4.69, 9.17) is 0 Å². The fraction of sp³-hybridized carbons (Fsp3) is 0.636. The van der Waals surface area contributed by atoms with Crippen LogP contribution >= 0.6 is 0 Å². The Kier molecular flexibility index (Phi) is 4.45. The van der Waals surface area contributed by atoms with Gasteiger partial charge in [-0.1, -0.05) is 33.9 Å². The summed E-state index contributed by atoms with van der Waals surface area (Å²) >= 11 is 0. The Balaban J connectivity index is 4.44. The Morgan fingerprint density at radius 3 is 2.14 bits per heavy atom. The highest BCUT2D eigenvalue weighted by Gasteiger charge is 2.33. The molecule has 2 nitrogen and oxygen atoms in total. The van der Waals surface area contributed by atoms with Crippen molar-refractivity contribution in [2.75, 3.05) is 0 Å². The summed E-state index contributed by atoms with van der Waals surface area (Å²) in [6, 6.07) is 0. The molecular weight excluding hydrogens is 190 g/mol. The third-order valence-corrected chi connectivity index (χ3v) is 7.39. The smallest absolute Gasteiger partial charge is 0.154 e. The highest BCUT2D eigenvalue weighted by atomic mass is 28.3. The molecule has 0 fully saturated rings. The van der Waals surface area contributed by atoms with Gasteiger partial charge in [0.15, 0.2) is 5.78 Å². The van der Waals surface area contributed by atoms with Gasteiger partial charge in [0, 0.05) is 6.20 Å². The number of aliphatic imine (C=N–C) groups is 1. The highest BCUT2D eigenvalue weighted by Crippen LogP contribution is 2.34. The predicted molar refractivity (Wildman–Crippen MR) is 65.5 cm³/mol. The van der Waals surface area contributed by atoms with Gasteiger partial charge in [-0.25, -0.2) is 0 Å².